The van der Waals surface area contributed by atoms with E-state index in [-0.39, 0.29) is 5.97 Å². The van der Waals surface area contributed by atoms with Gasteiger partial charge in [0.2, 0.25) is 0 Å². The summed E-state index contributed by atoms with van der Waals surface area (Å²) in [5.41, 5.74) is 0. The molecule has 0 aliphatic rings. The van der Waals surface area contributed by atoms with Crippen LogP contribution in [-0.2, 0) is 4.74 Å². The van der Waals surface area contributed by atoms with Gasteiger partial charge in [0, 0.05) is 12.2 Å². The summed E-state index contributed by atoms with van der Waals surface area (Å²) in [6, 6.07) is 3.58. The van der Waals surface area contributed by atoms with Crippen molar-refractivity contribution in [1.82, 2.24) is 0 Å². The number of carbonyl (C=O) groups excluding carboxylic acids is 1. The summed E-state index contributed by atoms with van der Waals surface area (Å²) < 4.78 is 4.88. The average Bonchev–Trinajstić information content (AvgIpc) is 2.67. The van der Waals surface area contributed by atoms with E-state index in [9.17, 15) is 4.79 Å². The quantitative estimate of drug-likeness (QED) is 0.499. The Bertz CT molecular complexity index is 385. The molecule has 0 saturated heterocycles. The number of thiol groups is 1. The third kappa shape index (κ3) is 3.98. The van der Waals surface area contributed by atoms with Crippen LogP contribution in [-0.4, -0.2) is 18.3 Å². The first-order valence-electron chi connectivity index (χ1n) is 4.64. The Labute approximate surface area is 99.1 Å². The molecule has 0 aliphatic heterocycles. The van der Waals surface area contributed by atoms with E-state index in [2.05, 4.69) is 24.5 Å². The van der Waals surface area contributed by atoms with Crippen LogP contribution in [0.3, 0.4) is 0 Å². The summed E-state index contributed by atoms with van der Waals surface area (Å²) in [6.45, 7) is 2.19. The molecule has 15 heavy (non-hydrogen) atoms. The van der Waals surface area contributed by atoms with E-state index in [0.717, 1.165) is 17.1 Å². The van der Waals surface area contributed by atoms with Gasteiger partial charge in [-0.3, -0.25) is 0 Å². The number of esters is 1. The normalized spacial score (nSPS) is 9.20. The van der Waals surface area contributed by atoms with Crippen LogP contribution in [0.5, 0.6) is 0 Å². The SMILES string of the molecule is CCOC(=O)c1ccc(C#CCCS)s1. The zero-order valence-corrected chi connectivity index (χ0v) is 10.2. The van der Waals surface area contributed by atoms with Gasteiger partial charge in [-0.05, 0) is 19.1 Å². The van der Waals surface area contributed by atoms with E-state index in [1.807, 2.05) is 6.07 Å². The van der Waals surface area contributed by atoms with Gasteiger partial charge >= 0.3 is 5.97 Å². The predicted molar refractivity (Wildman–Crippen MR) is 65.6 cm³/mol. The van der Waals surface area contributed by atoms with Gasteiger partial charge in [0.25, 0.3) is 0 Å². The number of hydrogen-bond acceptors (Lipinski definition) is 4. The Hall–Kier alpha value is -0.920. The summed E-state index contributed by atoms with van der Waals surface area (Å²) in [5, 5.41) is 0. The maximum atomic E-state index is 11.3. The van der Waals surface area contributed by atoms with Crippen molar-refractivity contribution in [2.24, 2.45) is 0 Å². The molecule has 0 aliphatic carbocycles. The van der Waals surface area contributed by atoms with Crippen LogP contribution in [0.25, 0.3) is 0 Å². The van der Waals surface area contributed by atoms with E-state index in [4.69, 9.17) is 4.74 Å². The van der Waals surface area contributed by atoms with E-state index in [1.54, 1.807) is 13.0 Å². The maximum absolute atomic E-state index is 11.3. The van der Waals surface area contributed by atoms with Gasteiger partial charge in [-0.1, -0.05) is 11.8 Å². The Morgan fingerprint density at radius 3 is 3.07 bits per heavy atom. The number of rotatable bonds is 3. The summed E-state index contributed by atoms with van der Waals surface area (Å²) in [6.07, 6.45) is 0.760. The molecule has 1 aromatic heterocycles. The molecule has 0 bridgehead atoms. The second-order valence-electron chi connectivity index (χ2n) is 2.66. The molecule has 0 spiro atoms. The topological polar surface area (TPSA) is 26.3 Å². The number of carbonyl (C=O) groups is 1. The van der Waals surface area contributed by atoms with E-state index >= 15 is 0 Å². The van der Waals surface area contributed by atoms with Crippen LogP contribution < -0.4 is 0 Å². The molecule has 0 saturated carbocycles. The lowest BCUT2D eigenvalue weighted by Gasteiger charge is -1.95. The lowest BCUT2D eigenvalue weighted by molar-refractivity contribution is 0.0532. The molecule has 2 nitrogen and oxygen atoms in total. The molecule has 0 aromatic carbocycles. The monoisotopic (exact) mass is 240 g/mol. The van der Waals surface area contributed by atoms with Crippen LogP contribution in [0.15, 0.2) is 12.1 Å². The van der Waals surface area contributed by atoms with Crippen molar-refractivity contribution in [3.05, 3.63) is 21.9 Å². The largest absolute Gasteiger partial charge is 0.462 e. The minimum absolute atomic E-state index is 0.273. The van der Waals surface area contributed by atoms with Gasteiger partial charge in [0.1, 0.15) is 4.88 Å². The fourth-order valence-corrected chi connectivity index (χ4v) is 1.81. The fourth-order valence-electron chi connectivity index (χ4n) is 0.923. The van der Waals surface area contributed by atoms with Gasteiger partial charge in [-0.15, -0.1) is 11.3 Å². The fraction of sp³-hybridized carbons (Fsp3) is 0.364. The minimum Gasteiger partial charge on any atom is -0.462 e. The second-order valence-corrected chi connectivity index (χ2v) is 4.19. The van der Waals surface area contributed by atoms with Crippen LogP contribution in [0, 0.1) is 11.8 Å². The summed E-state index contributed by atoms with van der Waals surface area (Å²) in [4.78, 5) is 12.8. The Kier molecular flexibility index (Phi) is 5.30. The van der Waals surface area contributed by atoms with Gasteiger partial charge in [0.05, 0.1) is 11.5 Å². The second kappa shape index (κ2) is 6.54. The highest BCUT2D eigenvalue weighted by atomic mass is 32.1. The highest BCUT2D eigenvalue weighted by Gasteiger charge is 2.08. The Morgan fingerprint density at radius 2 is 2.40 bits per heavy atom. The first-order chi connectivity index (χ1) is 7.27. The molecular formula is C11H12O2S2. The van der Waals surface area contributed by atoms with Gasteiger partial charge in [-0.25, -0.2) is 4.79 Å². The molecule has 4 heteroatoms. The standard InChI is InChI=1S/C11H12O2S2/c1-2-13-11(12)10-7-6-9(15-10)5-3-4-8-14/h6-7,14H,2,4,8H2,1H3. The van der Waals surface area contributed by atoms with Crippen molar-refractivity contribution < 1.29 is 9.53 Å². The highest BCUT2D eigenvalue weighted by molar-refractivity contribution is 7.80. The molecule has 0 fully saturated rings. The molecule has 1 heterocycles. The van der Waals surface area contributed by atoms with Gasteiger partial charge in [0.15, 0.2) is 0 Å². The van der Waals surface area contributed by atoms with Gasteiger partial charge < -0.3 is 4.74 Å². The van der Waals surface area contributed by atoms with Crippen molar-refractivity contribution in [2.45, 2.75) is 13.3 Å². The molecule has 1 aromatic rings. The van der Waals surface area contributed by atoms with Gasteiger partial charge in [-0.2, -0.15) is 12.6 Å². The van der Waals surface area contributed by atoms with E-state index in [0.29, 0.717) is 11.5 Å². The molecule has 80 valence electrons. The number of thiophene rings is 1. The molecule has 0 N–H and O–H groups in total. The van der Waals surface area contributed by atoms with E-state index in [1.165, 1.54) is 11.3 Å². The number of ether oxygens (including phenoxy) is 1. The van der Waals surface area contributed by atoms with Crippen molar-refractivity contribution in [1.29, 1.82) is 0 Å². The van der Waals surface area contributed by atoms with Crippen molar-refractivity contribution in [3.8, 4) is 11.8 Å². The summed E-state index contributed by atoms with van der Waals surface area (Å²) in [7, 11) is 0. The molecule has 0 radical (unpaired) electrons. The molecule has 0 amide bonds. The summed E-state index contributed by atoms with van der Waals surface area (Å²) in [5.74, 6) is 6.42. The first kappa shape index (κ1) is 12.2. The maximum Gasteiger partial charge on any atom is 0.348 e. The summed E-state index contributed by atoms with van der Waals surface area (Å²) >= 11 is 5.42. The Balaban J connectivity index is 2.65. The molecule has 0 atom stereocenters. The van der Waals surface area contributed by atoms with Crippen molar-refractivity contribution in [3.63, 3.8) is 0 Å². The lowest BCUT2D eigenvalue weighted by atomic mass is 10.4. The average molecular weight is 240 g/mol. The zero-order chi connectivity index (χ0) is 11.1. The van der Waals surface area contributed by atoms with Crippen molar-refractivity contribution in [2.75, 3.05) is 12.4 Å². The highest BCUT2D eigenvalue weighted by Crippen LogP contribution is 2.16. The van der Waals surface area contributed by atoms with Crippen LogP contribution in [0.4, 0.5) is 0 Å². The minimum atomic E-state index is -0.273. The molecular weight excluding hydrogens is 228 g/mol. The lowest BCUT2D eigenvalue weighted by Crippen LogP contribution is -2.01. The molecule has 0 unspecified atom stereocenters. The van der Waals surface area contributed by atoms with Crippen LogP contribution in [0.1, 0.15) is 27.9 Å². The van der Waals surface area contributed by atoms with Crippen LogP contribution in [0.2, 0.25) is 0 Å². The smallest absolute Gasteiger partial charge is 0.348 e. The van der Waals surface area contributed by atoms with E-state index < -0.39 is 0 Å². The number of hydrogen-bond donors (Lipinski definition) is 1. The third-order valence-corrected chi connectivity index (χ3v) is 2.74. The Morgan fingerprint density at radius 1 is 1.60 bits per heavy atom. The zero-order valence-electron chi connectivity index (χ0n) is 8.45. The van der Waals surface area contributed by atoms with Crippen molar-refractivity contribution >= 4 is 29.9 Å². The third-order valence-electron chi connectivity index (χ3n) is 1.53. The molecule has 1 rings (SSSR count). The first-order valence-corrected chi connectivity index (χ1v) is 6.09. The predicted octanol–water partition coefficient (Wildman–Crippen LogP) is 2.60. The van der Waals surface area contributed by atoms with Crippen LogP contribution >= 0.6 is 24.0 Å².